The van der Waals surface area contributed by atoms with Gasteiger partial charge < -0.3 is 14.8 Å². The first-order valence-electron chi connectivity index (χ1n) is 7.00. The third kappa shape index (κ3) is 4.22. The number of hydrogen-bond acceptors (Lipinski definition) is 4. The van der Waals surface area contributed by atoms with Gasteiger partial charge in [0.25, 0.3) is 0 Å². The van der Waals surface area contributed by atoms with Crippen molar-refractivity contribution in [2.24, 2.45) is 0 Å². The maximum absolute atomic E-state index is 5.93. The second kappa shape index (κ2) is 6.81. The van der Waals surface area contributed by atoms with Crippen molar-refractivity contribution in [1.29, 1.82) is 0 Å². The Morgan fingerprint density at radius 1 is 1.29 bits per heavy atom. The van der Waals surface area contributed by atoms with Crippen LogP contribution in [0.4, 0.5) is 0 Å². The van der Waals surface area contributed by atoms with Crippen LogP contribution in [0.1, 0.15) is 23.3 Å². The monoisotopic (exact) mass is 367 g/mol. The van der Waals surface area contributed by atoms with E-state index in [9.17, 15) is 0 Å². The Morgan fingerprint density at radius 2 is 2.14 bits per heavy atom. The number of rotatable bonds is 7. The first kappa shape index (κ1) is 14.9. The molecule has 2 aromatic rings. The summed E-state index contributed by atoms with van der Waals surface area (Å²) in [4.78, 5) is 1.19. The van der Waals surface area contributed by atoms with Gasteiger partial charge in [-0.2, -0.15) is 0 Å². The third-order valence-corrected chi connectivity index (χ3v) is 5.06. The molecule has 0 atom stereocenters. The molecule has 0 amide bonds. The highest BCUT2D eigenvalue weighted by molar-refractivity contribution is 9.10. The highest BCUT2D eigenvalue weighted by atomic mass is 79.9. The molecule has 0 saturated heterocycles. The lowest BCUT2D eigenvalue weighted by atomic mass is 10.2. The van der Waals surface area contributed by atoms with Gasteiger partial charge in [0.1, 0.15) is 6.61 Å². The molecule has 0 aliphatic heterocycles. The van der Waals surface area contributed by atoms with Crippen molar-refractivity contribution in [2.75, 3.05) is 7.11 Å². The quantitative estimate of drug-likeness (QED) is 0.788. The molecule has 1 N–H and O–H groups in total. The lowest BCUT2D eigenvalue weighted by Gasteiger charge is -2.12. The maximum Gasteiger partial charge on any atom is 0.162 e. The molecule has 1 heterocycles. The van der Waals surface area contributed by atoms with E-state index < -0.39 is 0 Å². The van der Waals surface area contributed by atoms with Crippen molar-refractivity contribution in [3.8, 4) is 11.5 Å². The predicted octanol–water partition coefficient (Wildman–Crippen LogP) is 4.35. The molecule has 1 fully saturated rings. The van der Waals surface area contributed by atoms with E-state index in [1.165, 1.54) is 23.3 Å². The van der Waals surface area contributed by atoms with E-state index in [4.69, 9.17) is 9.47 Å². The summed E-state index contributed by atoms with van der Waals surface area (Å²) in [6, 6.07) is 8.92. The van der Waals surface area contributed by atoms with Gasteiger partial charge in [-0.1, -0.05) is 6.07 Å². The zero-order valence-corrected chi connectivity index (χ0v) is 14.3. The molecule has 112 valence electrons. The lowest BCUT2D eigenvalue weighted by molar-refractivity contribution is 0.287. The minimum Gasteiger partial charge on any atom is -0.493 e. The van der Waals surface area contributed by atoms with Crippen LogP contribution < -0.4 is 14.8 Å². The lowest BCUT2D eigenvalue weighted by Crippen LogP contribution is -2.15. The highest BCUT2D eigenvalue weighted by Crippen LogP contribution is 2.30. The normalized spacial score (nSPS) is 14.2. The van der Waals surface area contributed by atoms with Gasteiger partial charge in [0.15, 0.2) is 11.5 Å². The minimum absolute atomic E-state index is 0.562. The van der Waals surface area contributed by atoms with Gasteiger partial charge >= 0.3 is 0 Å². The summed E-state index contributed by atoms with van der Waals surface area (Å²) in [5, 5.41) is 5.58. The van der Waals surface area contributed by atoms with E-state index in [0.29, 0.717) is 12.6 Å². The fraction of sp³-hybridized carbons (Fsp3) is 0.375. The molecule has 0 radical (unpaired) electrons. The molecule has 0 bridgehead atoms. The fourth-order valence-corrected chi connectivity index (χ4v) is 3.43. The maximum atomic E-state index is 5.93. The number of thiophene rings is 1. The first-order valence-corrected chi connectivity index (χ1v) is 8.68. The van der Waals surface area contributed by atoms with E-state index in [-0.39, 0.29) is 0 Å². The first-order chi connectivity index (χ1) is 10.2. The summed E-state index contributed by atoms with van der Waals surface area (Å²) in [7, 11) is 1.67. The summed E-state index contributed by atoms with van der Waals surface area (Å²) >= 11 is 5.14. The summed E-state index contributed by atoms with van der Waals surface area (Å²) in [5.74, 6) is 1.58. The molecule has 1 aliphatic rings. The Hall–Kier alpha value is -1.04. The van der Waals surface area contributed by atoms with Crippen molar-refractivity contribution in [3.05, 3.63) is 44.6 Å². The summed E-state index contributed by atoms with van der Waals surface area (Å²) in [6.07, 6.45) is 2.60. The Balaban J connectivity index is 1.66. The Kier molecular flexibility index (Phi) is 4.83. The van der Waals surface area contributed by atoms with Crippen molar-refractivity contribution in [3.63, 3.8) is 0 Å². The van der Waals surface area contributed by atoms with Crippen LogP contribution in [0.15, 0.2) is 34.1 Å². The Labute approximate surface area is 137 Å². The van der Waals surface area contributed by atoms with Crippen LogP contribution in [0.3, 0.4) is 0 Å². The van der Waals surface area contributed by atoms with Gasteiger partial charge in [-0.05, 0) is 52.5 Å². The van der Waals surface area contributed by atoms with E-state index in [2.05, 4.69) is 44.8 Å². The van der Waals surface area contributed by atoms with Crippen LogP contribution in [-0.4, -0.2) is 13.2 Å². The number of hydrogen-bond donors (Lipinski definition) is 1. The van der Waals surface area contributed by atoms with Crippen LogP contribution in [-0.2, 0) is 13.2 Å². The highest BCUT2D eigenvalue weighted by Gasteiger charge is 2.20. The molecule has 21 heavy (non-hydrogen) atoms. The van der Waals surface area contributed by atoms with E-state index >= 15 is 0 Å². The van der Waals surface area contributed by atoms with Gasteiger partial charge in [-0.3, -0.25) is 0 Å². The number of nitrogens with one attached hydrogen (secondary N) is 1. The molecular formula is C16H18BrNO2S. The third-order valence-electron chi connectivity index (χ3n) is 3.39. The number of benzene rings is 1. The summed E-state index contributed by atoms with van der Waals surface area (Å²) in [6.45, 7) is 1.45. The number of halogens is 1. The predicted molar refractivity (Wildman–Crippen MR) is 89.2 cm³/mol. The molecule has 5 heteroatoms. The van der Waals surface area contributed by atoms with Crippen molar-refractivity contribution < 1.29 is 9.47 Å². The summed E-state index contributed by atoms with van der Waals surface area (Å²) in [5.41, 5.74) is 1.23. The molecular weight excluding hydrogens is 350 g/mol. The zero-order chi connectivity index (χ0) is 14.7. The average molecular weight is 368 g/mol. The standard InChI is InChI=1S/C16H18BrNO2S/c1-19-15-5-2-11(8-18-13-3-4-13)6-16(15)20-9-14-7-12(17)10-21-14/h2,5-7,10,13,18H,3-4,8-9H2,1H3. The van der Waals surface area contributed by atoms with E-state index in [1.54, 1.807) is 18.4 Å². The molecule has 3 rings (SSSR count). The molecule has 0 unspecified atom stereocenters. The van der Waals surface area contributed by atoms with Crippen molar-refractivity contribution in [1.82, 2.24) is 5.32 Å². The topological polar surface area (TPSA) is 30.5 Å². The summed E-state index contributed by atoms with van der Waals surface area (Å²) < 4.78 is 12.4. The van der Waals surface area contributed by atoms with Crippen molar-refractivity contribution in [2.45, 2.75) is 32.0 Å². The average Bonchev–Trinajstić information content (AvgIpc) is 3.24. The SMILES string of the molecule is COc1ccc(CNC2CC2)cc1OCc1cc(Br)cs1. The van der Waals surface area contributed by atoms with Gasteiger partial charge in [-0.15, -0.1) is 11.3 Å². The van der Waals surface area contributed by atoms with Gasteiger partial charge in [0.05, 0.1) is 7.11 Å². The van der Waals surface area contributed by atoms with Crippen LogP contribution in [0.2, 0.25) is 0 Å². The second-order valence-electron chi connectivity index (χ2n) is 5.16. The molecule has 0 spiro atoms. The Morgan fingerprint density at radius 3 is 2.81 bits per heavy atom. The fourth-order valence-electron chi connectivity index (χ4n) is 2.07. The van der Waals surface area contributed by atoms with Crippen molar-refractivity contribution >= 4 is 27.3 Å². The molecule has 1 aromatic carbocycles. The van der Waals surface area contributed by atoms with Gasteiger partial charge in [0.2, 0.25) is 0 Å². The second-order valence-corrected chi connectivity index (χ2v) is 7.07. The molecule has 3 nitrogen and oxygen atoms in total. The van der Waals surface area contributed by atoms with Crippen LogP contribution >= 0.6 is 27.3 Å². The van der Waals surface area contributed by atoms with E-state index in [0.717, 1.165) is 22.5 Å². The Bertz CT molecular complexity index is 610. The van der Waals surface area contributed by atoms with Gasteiger partial charge in [0, 0.05) is 27.3 Å². The minimum atomic E-state index is 0.562. The number of methoxy groups -OCH3 is 1. The molecule has 1 saturated carbocycles. The largest absolute Gasteiger partial charge is 0.493 e. The van der Waals surface area contributed by atoms with Crippen LogP contribution in [0.25, 0.3) is 0 Å². The molecule has 1 aliphatic carbocycles. The van der Waals surface area contributed by atoms with E-state index in [1.807, 2.05) is 6.07 Å². The number of ether oxygens (including phenoxy) is 2. The molecule has 1 aromatic heterocycles. The van der Waals surface area contributed by atoms with Crippen LogP contribution in [0.5, 0.6) is 11.5 Å². The smallest absolute Gasteiger partial charge is 0.162 e. The van der Waals surface area contributed by atoms with Gasteiger partial charge in [-0.25, -0.2) is 0 Å². The van der Waals surface area contributed by atoms with Crippen LogP contribution in [0, 0.1) is 0 Å². The zero-order valence-electron chi connectivity index (χ0n) is 11.9.